The van der Waals surface area contributed by atoms with Gasteiger partial charge in [-0.05, 0) is 61.1 Å². The van der Waals surface area contributed by atoms with Crippen molar-refractivity contribution in [1.29, 1.82) is 0 Å². The summed E-state index contributed by atoms with van der Waals surface area (Å²) < 4.78 is 1.17. The molecule has 0 aliphatic heterocycles. The molecule has 0 saturated heterocycles. The smallest absolute Gasteiger partial charge is 0.0574 e. The Kier molecular flexibility index (Phi) is 4.46. The maximum atomic E-state index is 3.64. The van der Waals surface area contributed by atoms with Gasteiger partial charge in [-0.25, -0.2) is 0 Å². The second-order valence-electron chi connectivity index (χ2n) is 6.02. The molecule has 0 bridgehead atoms. The van der Waals surface area contributed by atoms with Gasteiger partial charge in [0.25, 0.3) is 0 Å². The largest absolute Gasteiger partial charge is 0.309 e. The first kappa shape index (κ1) is 14.8. The summed E-state index contributed by atoms with van der Waals surface area (Å²) in [5.74, 6) is 0.806. The Labute approximate surface area is 135 Å². The third-order valence-corrected chi connectivity index (χ3v) is 5.52. The number of aryl methyl sites for hydroxylation is 1. The highest BCUT2D eigenvalue weighted by molar-refractivity contribution is 9.10. The molecule has 1 aliphatic rings. The maximum Gasteiger partial charge on any atom is 0.0574 e. The lowest BCUT2D eigenvalue weighted by molar-refractivity contribution is 0.419. The van der Waals surface area contributed by atoms with E-state index in [1.807, 2.05) is 7.05 Å². The predicted molar refractivity (Wildman–Crippen MR) is 92.8 cm³/mol. The van der Waals surface area contributed by atoms with Crippen molar-refractivity contribution >= 4 is 15.9 Å². The Hall–Kier alpha value is -1.12. The summed E-state index contributed by atoms with van der Waals surface area (Å²) in [5.41, 5.74) is 5.40. The Morgan fingerprint density at radius 3 is 2.24 bits per heavy atom. The Morgan fingerprint density at radius 2 is 1.71 bits per heavy atom. The normalized spacial score (nSPS) is 16.5. The molecule has 3 rings (SSSR count). The molecule has 1 nitrogen and oxygen atoms in total. The van der Waals surface area contributed by atoms with E-state index >= 15 is 0 Å². The molecule has 2 aromatic carbocycles. The van der Waals surface area contributed by atoms with E-state index in [1.54, 1.807) is 0 Å². The van der Waals surface area contributed by atoms with Crippen molar-refractivity contribution in [2.45, 2.75) is 38.1 Å². The lowest BCUT2D eigenvalue weighted by Gasteiger charge is -2.26. The van der Waals surface area contributed by atoms with Crippen LogP contribution in [-0.2, 0) is 0 Å². The highest BCUT2D eigenvalue weighted by Gasteiger charge is 2.20. The zero-order valence-corrected chi connectivity index (χ0v) is 14.3. The molecule has 2 heteroatoms. The van der Waals surface area contributed by atoms with Gasteiger partial charge in [0.05, 0.1) is 6.04 Å². The first-order valence-electron chi connectivity index (χ1n) is 7.72. The third-order valence-electron chi connectivity index (χ3n) is 4.66. The average molecular weight is 344 g/mol. The van der Waals surface area contributed by atoms with Crippen LogP contribution in [0.15, 0.2) is 46.9 Å². The van der Waals surface area contributed by atoms with E-state index in [0.717, 1.165) is 5.92 Å². The van der Waals surface area contributed by atoms with Crippen LogP contribution in [0.2, 0.25) is 0 Å². The van der Waals surface area contributed by atoms with Crippen LogP contribution in [0, 0.1) is 6.92 Å². The van der Waals surface area contributed by atoms with Gasteiger partial charge in [-0.3, -0.25) is 0 Å². The van der Waals surface area contributed by atoms with Crippen molar-refractivity contribution in [2.24, 2.45) is 0 Å². The van der Waals surface area contributed by atoms with Crippen LogP contribution >= 0.6 is 15.9 Å². The lowest BCUT2D eigenvalue weighted by atomic mass is 9.79. The molecule has 1 N–H and O–H groups in total. The summed E-state index contributed by atoms with van der Waals surface area (Å²) in [4.78, 5) is 0. The van der Waals surface area contributed by atoms with Crippen molar-refractivity contribution in [3.05, 3.63) is 69.2 Å². The first-order chi connectivity index (χ1) is 10.2. The molecule has 0 aromatic heterocycles. The van der Waals surface area contributed by atoms with Crippen LogP contribution in [0.25, 0.3) is 0 Å². The van der Waals surface area contributed by atoms with Crippen molar-refractivity contribution in [3.63, 3.8) is 0 Å². The molecule has 1 saturated carbocycles. The molecule has 1 atom stereocenters. The first-order valence-corrected chi connectivity index (χ1v) is 8.51. The molecule has 2 aromatic rings. The molecule has 110 valence electrons. The summed E-state index contributed by atoms with van der Waals surface area (Å²) >= 11 is 3.64. The van der Waals surface area contributed by atoms with E-state index in [1.165, 1.54) is 46.0 Å². The standard InChI is InChI=1S/C19H22BrN/c1-13-6-7-17(12-18(13)20)19(21-2)16-10-8-15(9-11-16)14-4-3-5-14/h6-12,14,19,21H,3-5H2,1-2H3. The van der Waals surface area contributed by atoms with Gasteiger partial charge in [-0.1, -0.05) is 58.7 Å². The van der Waals surface area contributed by atoms with Crippen molar-refractivity contribution in [3.8, 4) is 0 Å². The van der Waals surface area contributed by atoms with Gasteiger partial charge in [-0.2, -0.15) is 0 Å². The number of hydrogen-bond donors (Lipinski definition) is 1. The number of benzene rings is 2. The number of hydrogen-bond acceptors (Lipinski definition) is 1. The zero-order chi connectivity index (χ0) is 14.8. The van der Waals surface area contributed by atoms with Crippen molar-refractivity contribution in [2.75, 3.05) is 7.05 Å². The van der Waals surface area contributed by atoms with E-state index in [4.69, 9.17) is 0 Å². The second-order valence-corrected chi connectivity index (χ2v) is 6.88. The molecule has 0 radical (unpaired) electrons. The fourth-order valence-corrected chi connectivity index (χ4v) is 3.41. The predicted octanol–water partition coefficient (Wildman–Crippen LogP) is 5.33. The van der Waals surface area contributed by atoms with Gasteiger partial charge >= 0.3 is 0 Å². The van der Waals surface area contributed by atoms with Crippen LogP contribution in [0.4, 0.5) is 0 Å². The zero-order valence-electron chi connectivity index (χ0n) is 12.7. The highest BCUT2D eigenvalue weighted by atomic mass is 79.9. The SMILES string of the molecule is CNC(c1ccc(C2CCC2)cc1)c1ccc(C)c(Br)c1. The van der Waals surface area contributed by atoms with Gasteiger partial charge in [0.1, 0.15) is 0 Å². The lowest BCUT2D eigenvalue weighted by Crippen LogP contribution is -2.18. The summed E-state index contributed by atoms with van der Waals surface area (Å²) in [7, 11) is 2.03. The Bertz CT molecular complexity index is 614. The summed E-state index contributed by atoms with van der Waals surface area (Å²) in [5, 5.41) is 3.44. The van der Waals surface area contributed by atoms with Gasteiger partial charge in [0.15, 0.2) is 0 Å². The van der Waals surface area contributed by atoms with Crippen LogP contribution in [0.5, 0.6) is 0 Å². The number of halogens is 1. The minimum atomic E-state index is 0.248. The minimum Gasteiger partial charge on any atom is -0.309 e. The fourth-order valence-electron chi connectivity index (χ4n) is 3.02. The van der Waals surface area contributed by atoms with Crippen LogP contribution in [-0.4, -0.2) is 7.05 Å². The Morgan fingerprint density at radius 1 is 1.05 bits per heavy atom. The average Bonchev–Trinajstić information content (AvgIpc) is 2.43. The molecule has 1 fully saturated rings. The van der Waals surface area contributed by atoms with E-state index < -0.39 is 0 Å². The summed E-state index contributed by atoms with van der Waals surface area (Å²) in [6.45, 7) is 2.12. The van der Waals surface area contributed by atoms with Gasteiger partial charge in [0, 0.05) is 4.47 Å². The highest BCUT2D eigenvalue weighted by Crippen LogP contribution is 2.37. The van der Waals surface area contributed by atoms with E-state index in [2.05, 4.69) is 70.6 Å². The third kappa shape index (κ3) is 3.07. The second kappa shape index (κ2) is 6.33. The summed E-state index contributed by atoms with van der Waals surface area (Å²) in [6.07, 6.45) is 4.11. The molecule has 21 heavy (non-hydrogen) atoms. The molecule has 0 spiro atoms. The van der Waals surface area contributed by atoms with E-state index in [0.29, 0.717) is 0 Å². The molecule has 0 heterocycles. The quantitative estimate of drug-likeness (QED) is 0.790. The van der Waals surface area contributed by atoms with Crippen molar-refractivity contribution in [1.82, 2.24) is 5.32 Å². The van der Waals surface area contributed by atoms with E-state index in [9.17, 15) is 0 Å². The molecule has 1 unspecified atom stereocenters. The number of nitrogens with one attached hydrogen (secondary N) is 1. The van der Waals surface area contributed by atoms with Crippen molar-refractivity contribution < 1.29 is 0 Å². The van der Waals surface area contributed by atoms with Crippen LogP contribution in [0.1, 0.15) is 53.5 Å². The van der Waals surface area contributed by atoms with Gasteiger partial charge < -0.3 is 5.32 Å². The summed E-state index contributed by atoms with van der Waals surface area (Å²) in [6, 6.07) is 16.0. The topological polar surface area (TPSA) is 12.0 Å². The van der Waals surface area contributed by atoms with Gasteiger partial charge in [-0.15, -0.1) is 0 Å². The molecular formula is C19H22BrN. The number of rotatable bonds is 4. The maximum absolute atomic E-state index is 3.64. The molecule has 1 aliphatic carbocycles. The molecule has 0 amide bonds. The Balaban J connectivity index is 1.86. The van der Waals surface area contributed by atoms with Gasteiger partial charge in [0.2, 0.25) is 0 Å². The van der Waals surface area contributed by atoms with Crippen LogP contribution < -0.4 is 5.32 Å². The van der Waals surface area contributed by atoms with E-state index in [-0.39, 0.29) is 6.04 Å². The van der Waals surface area contributed by atoms with Crippen LogP contribution in [0.3, 0.4) is 0 Å². The molecular weight excluding hydrogens is 322 g/mol. The minimum absolute atomic E-state index is 0.248. The monoisotopic (exact) mass is 343 g/mol. The fraction of sp³-hybridized carbons (Fsp3) is 0.368.